The number of imidazole rings is 1. The van der Waals surface area contributed by atoms with Crippen LogP contribution in [0.1, 0.15) is 91.4 Å². The van der Waals surface area contributed by atoms with Crippen LogP contribution >= 0.6 is 0 Å². The molecule has 1 aliphatic carbocycles. The average molecular weight is 517 g/mol. The van der Waals surface area contributed by atoms with Crippen molar-refractivity contribution >= 4 is 5.91 Å². The van der Waals surface area contributed by atoms with Crippen molar-refractivity contribution in [2.24, 2.45) is 0 Å². The van der Waals surface area contributed by atoms with Crippen LogP contribution in [-0.2, 0) is 19.5 Å². The standard InChI is InChI=1S/C31H44N6O/c1-3-20-36(21-4-2)22-6-5-16-32-23-25-12-14-26(15-13-25)24-37(31(38)30-34-18-19-35-30)28-11-7-9-27-10-8-17-33-29(27)28/h8,10,12-15,17-19,28,32H,3-7,9,11,16,20-24H2,1-2H3,(H,34,35). The van der Waals surface area contributed by atoms with Crippen molar-refractivity contribution in [2.75, 3.05) is 26.2 Å². The van der Waals surface area contributed by atoms with Gasteiger partial charge in [0, 0.05) is 31.7 Å². The highest BCUT2D eigenvalue weighted by Crippen LogP contribution is 2.34. The molecular weight excluding hydrogens is 472 g/mol. The van der Waals surface area contributed by atoms with Crippen LogP contribution in [-0.4, -0.2) is 56.8 Å². The van der Waals surface area contributed by atoms with Gasteiger partial charge in [0.1, 0.15) is 0 Å². The Morgan fingerprint density at radius 3 is 2.53 bits per heavy atom. The van der Waals surface area contributed by atoms with Gasteiger partial charge in [-0.2, -0.15) is 0 Å². The number of unbranched alkanes of at least 4 members (excludes halogenated alkanes) is 1. The summed E-state index contributed by atoms with van der Waals surface area (Å²) in [6.45, 7) is 10.6. The number of nitrogens with zero attached hydrogens (tertiary/aromatic N) is 4. The first-order valence-electron chi connectivity index (χ1n) is 14.4. The Morgan fingerprint density at radius 2 is 1.79 bits per heavy atom. The average Bonchev–Trinajstić information content (AvgIpc) is 3.49. The van der Waals surface area contributed by atoms with E-state index in [4.69, 9.17) is 0 Å². The van der Waals surface area contributed by atoms with E-state index >= 15 is 0 Å². The van der Waals surface area contributed by atoms with Gasteiger partial charge in [0.2, 0.25) is 0 Å². The molecule has 0 saturated heterocycles. The van der Waals surface area contributed by atoms with Gasteiger partial charge < -0.3 is 20.1 Å². The van der Waals surface area contributed by atoms with E-state index in [1.54, 1.807) is 12.4 Å². The smallest absolute Gasteiger partial charge is 0.290 e. The third-order valence-corrected chi connectivity index (χ3v) is 7.37. The van der Waals surface area contributed by atoms with Crippen LogP contribution in [0.25, 0.3) is 0 Å². The zero-order valence-electron chi connectivity index (χ0n) is 23.2. The summed E-state index contributed by atoms with van der Waals surface area (Å²) >= 11 is 0. The molecule has 2 N–H and O–H groups in total. The molecule has 0 bridgehead atoms. The first-order chi connectivity index (χ1) is 18.7. The molecule has 0 spiro atoms. The summed E-state index contributed by atoms with van der Waals surface area (Å²) in [6, 6.07) is 12.7. The van der Waals surface area contributed by atoms with Gasteiger partial charge in [-0.05, 0) is 93.9 Å². The molecule has 1 unspecified atom stereocenters. The lowest BCUT2D eigenvalue weighted by Gasteiger charge is -2.34. The summed E-state index contributed by atoms with van der Waals surface area (Å²) < 4.78 is 0. The molecule has 1 aliphatic rings. The van der Waals surface area contributed by atoms with Gasteiger partial charge in [-0.15, -0.1) is 0 Å². The fourth-order valence-corrected chi connectivity index (χ4v) is 5.48. The van der Waals surface area contributed by atoms with Gasteiger partial charge in [-0.1, -0.05) is 44.2 Å². The first kappa shape index (κ1) is 28.0. The predicted octanol–water partition coefficient (Wildman–Crippen LogP) is 5.52. The number of fused-ring (bicyclic) bond motifs is 1. The summed E-state index contributed by atoms with van der Waals surface area (Å²) in [5.41, 5.74) is 4.64. The molecule has 1 aromatic carbocycles. The summed E-state index contributed by atoms with van der Waals surface area (Å²) in [7, 11) is 0. The molecule has 2 heterocycles. The highest BCUT2D eigenvalue weighted by Gasteiger charge is 2.32. The molecule has 1 amide bonds. The third-order valence-electron chi connectivity index (χ3n) is 7.37. The monoisotopic (exact) mass is 516 g/mol. The number of amides is 1. The highest BCUT2D eigenvalue weighted by molar-refractivity contribution is 5.90. The van der Waals surface area contributed by atoms with Gasteiger partial charge in [-0.25, -0.2) is 4.98 Å². The van der Waals surface area contributed by atoms with Gasteiger partial charge in [-0.3, -0.25) is 9.78 Å². The summed E-state index contributed by atoms with van der Waals surface area (Å²) in [6.07, 6.45) is 13.0. The van der Waals surface area contributed by atoms with Crippen LogP contribution in [0.3, 0.4) is 0 Å². The number of aryl methyl sites for hydroxylation is 1. The summed E-state index contributed by atoms with van der Waals surface area (Å²) in [5.74, 6) is 0.294. The lowest BCUT2D eigenvalue weighted by molar-refractivity contribution is 0.0621. The molecule has 1 atom stereocenters. The van der Waals surface area contributed by atoms with Crippen LogP contribution in [0.5, 0.6) is 0 Å². The maximum absolute atomic E-state index is 13.5. The number of pyridine rings is 1. The molecule has 38 heavy (non-hydrogen) atoms. The van der Waals surface area contributed by atoms with Crippen LogP contribution < -0.4 is 5.32 Å². The zero-order valence-corrected chi connectivity index (χ0v) is 23.2. The second kappa shape index (κ2) is 14.8. The number of hydrogen-bond acceptors (Lipinski definition) is 5. The maximum atomic E-state index is 13.5. The van der Waals surface area contributed by atoms with Crippen LogP contribution in [0.15, 0.2) is 55.0 Å². The van der Waals surface area contributed by atoms with Crippen molar-refractivity contribution in [2.45, 2.75) is 77.9 Å². The van der Waals surface area contributed by atoms with Crippen molar-refractivity contribution in [1.29, 1.82) is 0 Å². The van der Waals surface area contributed by atoms with E-state index in [-0.39, 0.29) is 11.9 Å². The largest absolute Gasteiger partial charge is 0.341 e. The van der Waals surface area contributed by atoms with E-state index in [9.17, 15) is 4.79 Å². The molecule has 3 aromatic rings. The second-order valence-electron chi connectivity index (χ2n) is 10.4. The lowest BCUT2D eigenvalue weighted by atomic mass is 9.90. The minimum atomic E-state index is -0.0827. The van der Waals surface area contributed by atoms with E-state index in [0.717, 1.165) is 43.6 Å². The number of carbonyl (C=O) groups excluding carboxylic acids is 1. The summed E-state index contributed by atoms with van der Waals surface area (Å²) in [4.78, 5) is 30.0. The van der Waals surface area contributed by atoms with E-state index in [2.05, 4.69) is 69.3 Å². The molecular formula is C31H44N6O. The number of aromatic amines is 1. The van der Waals surface area contributed by atoms with Crippen LogP contribution in [0, 0.1) is 0 Å². The van der Waals surface area contributed by atoms with Crippen molar-refractivity contribution in [3.05, 3.63) is 83.2 Å². The Morgan fingerprint density at radius 1 is 1.00 bits per heavy atom. The molecule has 7 nitrogen and oxygen atoms in total. The van der Waals surface area contributed by atoms with Gasteiger partial charge in [0.05, 0.1) is 11.7 Å². The molecule has 0 radical (unpaired) electrons. The minimum absolute atomic E-state index is 0.0514. The van der Waals surface area contributed by atoms with Crippen molar-refractivity contribution in [3.63, 3.8) is 0 Å². The van der Waals surface area contributed by atoms with Gasteiger partial charge >= 0.3 is 0 Å². The van der Waals surface area contributed by atoms with Crippen LogP contribution in [0.2, 0.25) is 0 Å². The molecule has 2 aromatic heterocycles. The van der Waals surface area contributed by atoms with Gasteiger partial charge in [0.25, 0.3) is 5.91 Å². The topological polar surface area (TPSA) is 77.1 Å². The highest BCUT2D eigenvalue weighted by atomic mass is 16.2. The minimum Gasteiger partial charge on any atom is -0.341 e. The number of aromatic nitrogens is 3. The third kappa shape index (κ3) is 7.74. The number of rotatable bonds is 15. The normalized spacial score (nSPS) is 15.0. The van der Waals surface area contributed by atoms with E-state index < -0.39 is 0 Å². The Kier molecular flexibility index (Phi) is 10.9. The number of benzene rings is 1. The van der Waals surface area contributed by atoms with Gasteiger partial charge in [0.15, 0.2) is 5.82 Å². The van der Waals surface area contributed by atoms with Crippen LogP contribution in [0.4, 0.5) is 0 Å². The van der Waals surface area contributed by atoms with Crippen molar-refractivity contribution in [1.82, 2.24) is 30.1 Å². The molecule has 7 heteroatoms. The SMILES string of the molecule is CCCN(CCC)CCCCNCc1ccc(CN(C(=O)c2ncc[nH]2)C2CCCc3cccnc32)cc1. The van der Waals surface area contributed by atoms with E-state index in [1.165, 1.54) is 56.4 Å². The van der Waals surface area contributed by atoms with E-state index in [1.807, 2.05) is 17.2 Å². The second-order valence-corrected chi connectivity index (χ2v) is 10.4. The number of carbonyl (C=O) groups is 1. The fraction of sp³-hybridized carbons (Fsp3) is 0.516. The van der Waals surface area contributed by atoms with E-state index in [0.29, 0.717) is 12.4 Å². The predicted molar refractivity (Wildman–Crippen MR) is 153 cm³/mol. The fourth-order valence-electron chi connectivity index (χ4n) is 5.48. The molecule has 204 valence electrons. The zero-order chi connectivity index (χ0) is 26.6. The first-order valence-corrected chi connectivity index (χ1v) is 14.4. The molecule has 4 rings (SSSR count). The summed E-state index contributed by atoms with van der Waals surface area (Å²) in [5, 5.41) is 3.60. The molecule has 0 aliphatic heterocycles. The Bertz CT molecular complexity index is 1090. The lowest BCUT2D eigenvalue weighted by Crippen LogP contribution is -2.37. The Hall–Kier alpha value is -3.03. The quantitative estimate of drug-likeness (QED) is 0.260. The molecule has 0 saturated carbocycles. The van der Waals surface area contributed by atoms with Crippen molar-refractivity contribution in [3.8, 4) is 0 Å². The Balaban J connectivity index is 1.33. The number of nitrogens with one attached hydrogen (secondary N) is 2. The Labute approximate surface area is 228 Å². The molecule has 0 fully saturated rings. The number of hydrogen-bond donors (Lipinski definition) is 2. The maximum Gasteiger partial charge on any atom is 0.290 e. The van der Waals surface area contributed by atoms with Crippen molar-refractivity contribution < 1.29 is 4.79 Å². The number of H-pyrrole nitrogens is 1.